The van der Waals surface area contributed by atoms with Crippen molar-refractivity contribution >= 4 is 24.0 Å². The fourth-order valence-electron chi connectivity index (χ4n) is 2.08. The third-order valence-corrected chi connectivity index (χ3v) is 3.11. The lowest BCUT2D eigenvalue weighted by Gasteiger charge is -2.29. The van der Waals surface area contributed by atoms with E-state index in [1.807, 2.05) is 0 Å². The van der Waals surface area contributed by atoms with Crippen molar-refractivity contribution in [3.8, 4) is 0 Å². The zero-order valence-electron chi connectivity index (χ0n) is 10.6. The number of carbonyl (C=O) groups is 1. The molecule has 0 radical (unpaired) electrons. The normalized spacial score (nSPS) is 16.7. The Morgan fingerprint density at radius 3 is 2.74 bits per heavy atom. The summed E-state index contributed by atoms with van der Waals surface area (Å²) in [7, 11) is 0. The number of piperidine rings is 1. The predicted molar refractivity (Wildman–Crippen MR) is 75.9 cm³/mol. The summed E-state index contributed by atoms with van der Waals surface area (Å²) in [6, 6.07) is 6.16. The monoisotopic (exact) mass is 287 g/mol. The van der Waals surface area contributed by atoms with E-state index in [0.29, 0.717) is 12.2 Å². The van der Waals surface area contributed by atoms with Gasteiger partial charge in [-0.05, 0) is 31.0 Å². The maximum absolute atomic E-state index is 12.9. The number of nitrogens with one attached hydrogen (secondary N) is 1. The molecule has 0 unspecified atom stereocenters. The van der Waals surface area contributed by atoms with Gasteiger partial charge in [0.1, 0.15) is 5.82 Å². The smallest absolute Gasteiger partial charge is 0.238 e. The first-order valence-corrected chi connectivity index (χ1v) is 6.17. The number of nitrogens with two attached hydrogens (primary N) is 1. The highest BCUT2D eigenvalue weighted by Gasteiger charge is 2.18. The molecule has 6 heteroatoms. The molecule has 2 rings (SSSR count). The van der Waals surface area contributed by atoms with Crippen LogP contribution < -0.4 is 11.1 Å². The van der Waals surface area contributed by atoms with Crippen molar-refractivity contribution in [2.75, 3.05) is 25.0 Å². The van der Waals surface area contributed by atoms with Crippen molar-refractivity contribution in [3.05, 3.63) is 30.1 Å². The van der Waals surface area contributed by atoms with Crippen molar-refractivity contribution in [1.29, 1.82) is 0 Å². The van der Waals surface area contributed by atoms with Gasteiger partial charge in [0.15, 0.2) is 0 Å². The van der Waals surface area contributed by atoms with Gasteiger partial charge in [0.25, 0.3) is 0 Å². The van der Waals surface area contributed by atoms with Crippen LogP contribution in [-0.2, 0) is 4.79 Å². The van der Waals surface area contributed by atoms with Gasteiger partial charge in [0.2, 0.25) is 5.91 Å². The number of halogens is 2. The van der Waals surface area contributed by atoms with E-state index in [9.17, 15) is 9.18 Å². The Morgan fingerprint density at radius 1 is 1.42 bits per heavy atom. The molecule has 0 bridgehead atoms. The van der Waals surface area contributed by atoms with E-state index in [4.69, 9.17) is 5.73 Å². The molecular weight excluding hydrogens is 269 g/mol. The number of nitrogens with zero attached hydrogens (tertiary/aromatic N) is 1. The number of hydrogen-bond donors (Lipinski definition) is 2. The standard InChI is InChI=1S/C13H18FN3O.ClH/c14-10-2-1-3-12(8-10)16-13(18)9-17-6-4-11(15)5-7-17;/h1-3,8,11H,4-7,9,15H2,(H,16,18);1H. The first-order valence-electron chi connectivity index (χ1n) is 6.17. The van der Waals surface area contributed by atoms with Crippen LogP contribution in [0.3, 0.4) is 0 Å². The number of anilines is 1. The average molecular weight is 288 g/mol. The van der Waals surface area contributed by atoms with Crippen LogP contribution in [0.2, 0.25) is 0 Å². The molecule has 1 aliphatic rings. The minimum Gasteiger partial charge on any atom is -0.328 e. The molecule has 1 aromatic rings. The molecular formula is C13H19ClFN3O. The first-order chi connectivity index (χ1) is 8.63. The molecule has 3 N–H and O–H groups in total. The molecule has 4 nitrogen and oxygen atoms in total. The van der Waals surface area contributed by atoms with Crippen LogP contribution in [0.5, 0.6) is 0 Å². The van der Waals surface area contributed by atoms with Crippen LogP contribution in [0.4, 0.5) is 10.1 Å². The van der Waals surface area contributed by atoms with Gasteiger partial charge in [0.05, 0.1) is 6.54 Å². The van der Waals surface area contributed by atoms with Gasteiger partial charge in [-0.3, -0.25) is 9.69 Å². The van der Waals surface area contributed by atoms with Gasteiger partial charge in [-0.1, -0.05) is 6.07 Å². The molecule has 0 saturated carbocycles. The van der Waals surface area contributed by atoms with Crippen molar-refractivity contribution in [2.24, 2.45) is 5.73 Å². The predicted octanol–water partition coefficient (Wildman–Crippen LogP) is 1.61. The molecule has 19 heavy (non-hydrogen) atoms. The molecule has 0 spiro atoms. The topological polar surface area (TPSA) is 58.4 Å². The molecule has 0 atom stereocenters. The Labute approximate surface area is 118 Å². The summed E-state index contributed by atoms with van der Waals surface area (Å²) in [4.78, 5) is 13.8. The van der Waals surface area contributed by atoms with Crippen molar-refractivity contribution in [1.82, 2.24) is 4.90 Å². The lowest BCUT2D eigenvalue weighted by Crippen LogP contribution is -2.43. The number of amides is 1. The minimum absolute atomic E-state index is 0. The summed E-state index contributed by atoms with van der Waals surface area (Å²) < 4.78 is 12.9. The van der Waals surface area contributed by atoms with E-state index in [0.717, 1.165) is 25.9 Å². The minimum atomic E-state index is -0.350. The van der Waals surface area contributed by atoms with E-state index in [1.54, 1.807) is 12.1 Å². The zero-order valence-corrected chi connectivity index (χ0v) is 11.5. The van der Waals surface area contributed by atoms with Crippen LogP contribution >= 0.6 is 12.4 Å². The van der Waals surface area contributed by atoms with Gasteiger partial charge in [-0.25, -0.2) is 4.39 Å². The average Bonchev–Trinajstić information content (AvgIpc) is 2.32. The van der Waals surface area contributed by atoms with Crippen LogP contribution in [0.1, 0.15) is 12.8 Å². The summed E-state index contributed by atoms with van der Waals surface area (Å²) >= 11 is 0. The maximum atomic E-state index is 12.9. The van der Waals surface area contributed by atoms with Crippen LogP contribution in [0, 0.1) is 5.82 Å². The van der Waals surface area contributed by atoms with E-state index in [1.165, 1.54) is 12.1 Å². The Kier molecular flexibility index (Phi) is 6.21. The van der Waals surface area contributed by atoms with Gasteiger partial charge in [-0.15, -0.1) is 12.4 Å². The van der Waals surface area contributed by atoms with Crippen LogP contribution in [0.25, 0.3) is 0 Å². The zero-order chi connectivity index (χ0) is 13.0. The summed E-state index contributed by atoms with van der Waals surface area (Å²) in [5, 5.41) is 2.69. The number of benzene rings is 1. The number of hydrogen-bond acceptors (Lipinski definition) is 3. The van der Waals surface area contributed by atoms with Crippen molar-refractivity contribution in [2.45, 2.75) is 18.9 Å². The molecule has 1 saturated heterocycles. The third-order valence-electron chi connectivity index (χ3n) is 3.11. The lowest BCUT2D eigenvalue weighted by molar-refractivity contribution is -0.117. The first kappa shape index (κ1) is 15.9. The number of rotatable bonds is 3. The molecule has 106 valence electrons. The van der Waals surface area contributed by atoms with Gasteiger partial charge < -0.3 is 11.1 Å². The third kappa shape index (κ3) is 5.14. The second-order valence-corrected chi connectivity index (χ2v) is 4.67. The van der Waals surface area contributed by atoms with Gasteiger partial charge in [-0.2, -0.15) is 0 Å². The Morgan fingerprint density at radius 2 is 2.11 bits per heavy atom. The van der Waals surface area contributed by atoms with E-state index in [2.05, 4.69) is 10.2 Å². The molecule has 1 amide bonds. The second-order valence-electron chi connectivity index (χ2n) is 4.67. The lowest BCUT2D eigenvalue weighted by atomic mass is 10.1. The van der Waals surface area contributed by atoms with Gasteiger partial charge in [0, 0.05) is 24.8 Å². The molecule has 0 aliphatic carbocycles. The quantitative estimate of drug-likeness (QED) is 0.888. The highest BCUT2D eigenvalue weighted by atomic mass is 35.5. The van der Waals surface area contributed by atoms with Crippen LogP contribution in [0.15, 0.2) is 24.3 Å². The molecule has 1 aliphatic heterocycles. The van der Waals surface area contributed by atoms with Crippen molar-refractivity contribution in [3.63, 3.8) is 0 Å². The summed E-state index contributed by atoms with van der Waals surface area (Å²) in [5.74, 6) is -0.465. The Hall–Kier alpha value is -1.17. The summed E-state index contributed by atoms with van der Waals surface area (Å²) in [6.07, 6.45) is 1.85. The van der Waals surface area contributed by atoms with Crippen LogP contribution in [-0.4, -0.2) is 36.5 Å². The largest absolute Gasteiger partial charge is 0.328 e. The van der Waals surface area contributed by atoms with Gasteiger partial charge >= 0.3 is 0 Å². The van der Waals surface area contributed by atoms with E-state index < -0.39 is 0 Å². The number of likely N-dealkylation sites (tertiary alicyclic amines) is 1. The SMILES string of the molecule is Cl.NC1CCN(CC(=O)Nc2cccc(F)c2)CC1. The summed E-state index contributed by atoms with van der Waals surface area (Å²) in [6.45, 7) is 2.03. The Bertz CT molecular complexity index is 422. The molecule has 1 aromatic carbocycles. The Balaban J connectivity index is 0.00000180. The second kappa shape index (κ2) is 7.43. The molecule has 1 heterocycles. The maximum Gasteiger partial charge on any atom is 0.238 e. The van der Waals surface area contributed by atoms with E-state index >= 15 is 0 Å². The fourth-order valence-corrected chi connectivity index (χ4v) is 2.08. The van der Waals surface area contributed by atoms with Crippen molar-refractivity contribution < 1.29 is 9.18 Å². The number of carbonyl (C=O) groups excluding carboxylic acids is 1. The fraction of sp³-hybridized carbons (Fsp3) is 0.462. The highest BCUT2D eigenvalue weighted by Crippen LogP contribution is 2.10. The molecule has 0 aromatic heterocycles. The van der Waals surface area contributed by atoms with E-state index in [-0.39, 0.29) is 30.2 Å². The molecule has 1 fully saturated rings. The highest BCUT2D eigenvalue weighted by molar-refractivity contribution is 5.92. The summed E-state index contributed by atoms with van der Waals surface area (Å²) in [5.41, 5.74) is 6.29.